The van der Waals surface area contributed by atoms with E-state index in [1.165, 1.54) is 11.1 Å². The third kappa shape index (κ3) is 104. The lowest BCUT2D eigenvalue weighted by atomic mass is 10.2. The second-order valence-electron chi connectivity index (χ2n) is 7.54. The summed E-state index contributed by atoms with van der Waals surface area (Å²) in [7, 11) is 0. The minimum atomic E-state index is 1.14. The van der Waals surface area contributed by atoms with Crippen LogP contribution in [0.4, 0.5) is 0 Å². The quantitative estimate of drug-likeness (QED) is 0.178. The van der Waals surface area contributed by atoms with Crippen LogP contribution in [0.3, 0.4) is 0 Å². The fourth-order valence-corrected chi connectivity index (χ4v) is 2.48. The molecular formula is C54H98N2. The van der Waals surface area contributed by atoms with Gasteiger partial charge in [-0.15, -0.1) is 0 Å². The van der Waals surface area contributed by atoms with Gasteiger partial charge in [-0.2, -0.15) is 0 Å². The predicted octanol–water partition coefficient (Wildman–Crippen LogP) is 19.4. The number of aryl methyl sites for hydroxylation is 2. The maximum absolute atomic E-state index is 3.78. The third-order valence-corrected chi connectivity index (χ3v) is 4.32. The number of hydrogen-bond donors (Lipinski definition) is 0. The first-order valence-corrected chi connectivity index (χ1v) is 22.2. The number of benzene rings is 2. The molecule has 56 heavy (non-hydrogen) atoms. The van der Waals surface area contributed by atoms with Gasteiger partial charge in [-0.05, 0) is 51.0 Å². The van der Waals surface area contributed by atoms with E-state index in [0.717, 1.165) is 12.8 Å². The number of aromatic nitrogens is 2. The molecule has 2 aromatic heterocycles. The molecule has 2 nitrogen and oxygen atoms in total. The van der Waals surface area contributed by atoms with E-state index in [9.17, 15) is 0 Å². The molecule has 0 bridgehead atoms. The van der Waals surface area contributed by atoms with Gasteiger partial charge in [-0.1, -0.05) is 271 Å². The average Bonchev–Trinajstić information content (AvgIpc) is 4.15. The standard InChI is InChI=1S/2C7H8.2C5H5N.2C5H6.10C2H6/c2*1-7-5-3-2-4-6-7;2*1-2-4-6-5-3-1;2*1-2-4-5-3-1;10*1-2/h2*2-6H,1H3;2*1-5H;2*1-4H,5H2;10*1-2H3. The zero-order valence-corrected chi connectivity index (χ0v) is 41.5. The van der Waals surface area contributed by atoms with Gasteiger partial charge in [0.1, 0.15) is 0 Å². The molecule has 0 amide bonds. The zero-order valence-electron chi connectivity index (χ0n) is 41.5. The molecule has 0 saturated heterocycles. The zero-order chi connectivity index (χ0) is 45.8. The van der Waals surface area contributed by atoms with Crippen molar-refractivity contribution in [2.75, 3.05) is 0 Å². The summed E-state index contributed by atoms with van der Waals surface area (Å²) in [4.78, 5) is 7.57. The van der Waals surface area contributed by atoms with Crippen molar-refractivity contribution in [3.63, 3.8) is 0 Å². The van der Waals surface area contributed by atoms with Crippen LogP contribution in [0, 0.1) is 13.8 Å². The summed E-state index contributed by atoms with van der Waals surface area (Å²) in [5.74, 6) is 0. The Bertz CT molecular complexity index is 906. The highest BCUT2D eigenvalue weighted by Gasteiger charge is 1.74. The predicted molar refractivity (Wildman–Crippen MR) is 270 cm³/mol. The molecule has 0 N–H and O–H groups in total. The van der Waals surface area contributed by atoms with Crippen LogP contribution in [0.5, 0.6) is 0 Å². The van der Waals surface area contributed by atoms with Crippen LogP contribution in [-0.2, 0) is 0 Å². The Morgan fingerprint density at radius 1 is 0.268 bits per heavy atom. The van der Waals surface area contributed by atoms with Gasteiger partial charge in [-0.25, -0.2) is 0 Å². The molecule has 0 saturated carbocycles. The van der Waals surface area contributed by atoms with Crippen molar-refractivity contribution in [2.24, 2.45) is 0 Å². The molecule has 2 heteroatoms. The Balaban J connectivity index is -0.0000000522. The molecule has 6 rings (SSSR count). The Morgan fingerprint density at radius 3 is 0.518 bits per heavy atom. The number of rotatable bonds is 0. The van der Waals surface area contributed by atoms with E-state index in [4.69, 9.17) is 0 Å². The van der Waals surface area contributed by atoms with Crippen molar-refractivity contribution in [3.05, 3.63) is 182 Å². The molecule has 0 atom stereocenters. The van der Waals surface area contributed by atoms with Gasteiger partial charge in [-0.3, -0.25) is 9.97 Å². The maximum Gasteiger partial charge on any atom is 0.0267 e. The first kappa shape index (κ1) is 76.4. The highest BCUT2D eigenvalue weighted by molar-refractivity contribution is 5.13. The minimum absolute atomic E-state index is 1.14. The topological polar surface area (TPSA) is 25.8 Å². The Morgan fingerprint density at radius 2 is 0.446 bits per heavy atom. The molecule has 0 spiro atoms. The van der Waals surface area contributed by atoms with Gasteiger partial charge in [0.05, 0.1) is 0 Å². The first-order valence-electron chi connectivity index (χ1n) is 22.2. The molecule has 2 aromatic carbocycles. The lowest BCUT2D eigenvalue weighted by Crippen LogP contribution is -1.62. The summed E-state index contributed by atoms with van der Waals surface area (Å²) in [6.07, 6.45) is 26.0. The summed E-state index contributed by atoms with van der Waals surface area (Å²) in [5, 5.41) is 0. The van der Waals surface area contributed by atoms with Gasteiger partial charge in [0.25, 0.3) is 0 Å². The van der Waals surface area contributed by atoms with Crippen LogP contribution >= 0.6 is 0 Å². The van der Waals surface area contributed by atoms with E-state index in [2.05, 4.69) is 96.7 Å². The molecule has 2 aliphatic carbocycles. The molecule has 2 heterocycles. The van der Waals surface area contributed by atoms with Crippen LogP contribution in [0.1, 0.15) is 162 Å². The molecule has 0 radical (unpaired) electrons. The van der Waals surface area contributed by atoms with Crippen molar-refractivity contribution in [1.29, 1.82) is 0 Å². The maximum atomic E-state index is 3.78. The summed E-state index contributed by atoms with van der Waals surface area (Å²) >= 11 is 0. The van der Waals surface area contributed by atoms with Gasteiger partial charge in [0.2, 0.25) is 0 Å². The molecule has 4 aromatic rings. The van der Waals surface area contributed by atoms with Crippen LogP contribution in [0.2, 0.25) is 0 Å². The highest BCUT2D eigenvalue weighted by Crippen LogP contribution is 1.94. The van der Waals surface area contributed by atoms with Crippen LogP contribution in [-0.4, -0.2) is 9.97 Å². The monoisotopic (exact) mass is 775 g/mol. The lowest BCUT2D eigenvalue weighted by molar-refractivity contribution is 1.33. The molecule has 324 valence electrons. The molecule has 2 aliphatic rings. The number of hydrogen-bond acceptors (Lipinski definition) is 2. The van der Waals surface area contributed by atoms with Crippen LogP contribution < -0.4 is 0 Å². The smallest absolute Gasteiger partial charge is 0.0267 e. The van der Waals surface area contributed by atoms with E-state index in [1.807, 2.05) is 211 Å². The summed E-state index contributed by atoms with van der Waals surface area (Å²) in [5.41, 5.74) is 2.64. The fraction of sp³-hybridized carbons (Fsp3) is 0.444. The largest absolute Gasteiger partial charge is 0.265 e. The SMILES string of the molecule is C1=CCC=C1.C1=CCC=C1.CC.CC.CC.CC.CC.CC.CC.CC.CC.CC.Cc1ccccc1.Cc1ccccc1.c1ccncc1.c1ccncc1. The molecular weight excluding hydrogens is 677 g/mol. The van der Waals surface area contributed by atoms with Gasteiger partial charge in [0, 0.05) is 24.8 Å². The van der Waals surface area contributed by atoms with Gasteiger partial charge in [0.15, 0.2) is 0 Å². The fourth-order valence-electron chi connectivity index (χ4n) is 2.48. The second-order valence-corrected chi connectivity index (χ2v) is 7.54. The van der Waals surface area contributed by atoms with Crippen molar-refractivity contribution in [3.8, 4) is 0 Å². The molecule has 0 aliphatic heterocycles. The van der Waals surface area contributed by atoms with E-state index < -0.39 is 0 Å². The van der Waals surface area contributed by atoms with Crippen molar-refractivity contribution in [2.45, 2.75) is 165 Å². The lowest BCUT2D eigenvalue weighted by Gasteiger charge is -1.82. The van der Waals surface area contributed by atoms with Gasteiger partial charge < -0.3 is 0 Å². The van der Waals surface area contributed by atoms with E-state index in [0.29, 0.717) is 0 Å². The Kier molecular flexibility index (Phi) is 150. The van der Waals surface area contributed by atoms with E-state index >= 15 is 0 Å². The van der Waals surface area contributed by atoms with Gasteiger partial charge >= 0.3 is 0 Å². The van der Waals surface area contributed by atoms with Crippen LogP contribution in [0.25, 0.3) is 0 Å². The molecule has 0 unspecified atom stereocenters. The summed E-state index contributed by atoms with van der Waals surface area (Å²) < 4.78 is 0. The normalized spacial score (nSPS) is 8.11. The number of nitrogens with zero attached hydrogens (tertiary/aromatic N) is 2. The number of allylic oxidation sites excluding steroid dienone is 8. The Labute approximate surface area is 355 Å². The van der Waals surface area contributed by atoms with Crippen molar-refractivity contribution < 1.29 is 0 Å². The molecule has 0 fully saturated rings. The summed E-state index contributed by atoms with van der Waals surface area (Å²) in [6, 6.07) is 32.0. The van der Waals surface area contributed by atoms with Crippen molar-refractivity contribution >= 4 is 0 Å². The number of pyridine rings is 2. The Hall–Kier alpha value is -4.30. The highest BCUT2D eigenvalue weighted by atomic mass is 14.6. The third-order valence-electron chi connectivity index (χ3n) is 4.32. The first-order chi connectivity index (χ1) is 27.8. The summed E-state index contributed by atoms with van der Waals surface area (Å²) in [6.45, 7) is 44.2. The van der Waals surface area contributed by atoms with E-state index in [1.54, 1.807) is 24.8 Å². The minimum Gasteiger partial charge on any atom is -0.265 e. The van der Waals surface area contributed by atoms with E-state index in [-0.39, 0.29) is 0 Å². The second kappa shape index (κ2) is 110. The average molecular weight is 775 g/mol. The van der Waals surface area contributed by atoms with Crippen molar-refractivity contribution in [1.82, 2.24) is 9.97 Å². The van der Waals surface area contributed by atoms with Crippen LogP contribution in [0.15, 0.2) is 170 Å².